The summed E-state index contributed by atoms with van der Waals surface area (Å²) >= 11 is 0. The molecule has 0 saturated heterocycles. The summed E-state index contributed by atoms with van der Waals surface area (Å²) in [6, 6.07) is 14.4. The number of nitrogens with one attached hydrogen (secondary N) is 3. The number of benzene rings is 1. The number of aldehydes is 2. The number of para-hydroxylation sites is 1. The Hall–Kier alpha value is -3.26. The lowest BCUT2D eigenvalue weighted by molar-refractivity contribution is -0.688. The van der Waals surface area contributed by atoms with Crippen molar-refractivity contribution in [3.8, 4) is 0 Å². The normalized spacial score (nSPS) is 11.2. The van der Waals surface area contributed by atoms with Crippen LogP contribution in [0.3, 0.4) is 0 Å². The molecule has 0 aliphatic rings. The highest BCUT2D eigenvalue weighted by Gasteiger charge is 2.23. The lowest BCUT2D eigenvalue weighted by Crippen LogP contribution is -2.52. The Morgan fingerprint density at radius 2 is 1.83 bits per heavy atom. The molecule has 0 bridgehead atoms. The molecule has 8 heteroatoms. The van der Waals surface area contributed by atoms with Gasteiger partial charge in [0.25, 0.3) is 0 Å². The quantitative estimate of drug-likeness (QED) is 0.279. The second kappa shape index (κ2) is 8.39. The summed E-state index contributed by atoms with van der Waals surface area (Å²) in [6.07, 6.45) is 1.89. The fraction of sp³-hybridized carbons (Fsp3) is 0.125. The zero-order valence-corrected chi connectivity index (χ0v) is 13.0. The van der Waals surface area contributed by atoms with Gasteiger partial charge in [-0.2, -0.15) is 10.9 Å². The van der Waals surface area contributed by atoms with Crippen molar-refractivity contribution in [2.75, 3.05) is 17.8 Å². The van der Waals surface area contributed by atoms with E-state index >= 15 is 0 Å². The number of hydrogen-bond acceptors (Lipinski definition) is 6. The molecule has 2 aromatic rings. The molecule has 1 heterocycles. The summed E-state index contributed by atoms with van der Waals surface area (Å²) in [5, 5.41) is 4.00. The van der Waals surface area contributed by atoms with E-state index in [9.17, 15) is 14.4 Å². The molecule has 0 aliphatic heterocycles. The highest BCUT2D eigenvalue weighted by atomic mass is 16.2. The van der Waals surface area contributed by atoms with Gasteiger partial charge in [0, 0.05) is 18.8 Å². The number of pyridine rings is 1. The number of carbonyl (C=O) groups excluding carboxylic acids is 3. The van der Waals surface area contributed by atoms with Gasteiger partial charge in [-0.05, 0) is 18.2 Å². The van der Waals surface area contributed by atoms with Gasteiger partial charge in [0.1, 0.15) is 0 Å². The molecule has 124 valence electrons. The fourth-order valence-electron chi connectivity index (χ4n) is 2.06. The number of anilines is 2. The number of amides is 1. The minimum Gasteiger partial charge on any atom is -0.341 e. The Kier molecular flexibility index (Phi) is 5.98. The van der Waals surface area contributed by atoms with Crippen LogP contribution in [0.1, 0.15) is 6.17 Å². The number of hydrogen-bond donors (Lipinski definition) is 3. The lowest BCUT2D eigenvalue weighted by Gasteiger charge is -2.19. The van der Waals surface area contributed by atoms with E-state index in [1.165, 1.54) is 7.05 Å². The van der Waals surface area contributed by atoms with Crippen LogP contribution in [0.5, 0.6) is 0 Å². The van der Waals surface area contributed by atoms with E-state index in [-0.39, 0.29) is 6.29 Å². The third kappa shape index (κ3) is 4.14. The maximum Gasteiger partial charge on any atom is 0.338 e. The summed E-state index contributed by atoms with van der Waals surface area (Å²) < 4.78 is 1.60. The maximum atomic E-state index is 11.5. The molecule has 0 fully saturated rings. The number of rotatable bonds is 8. The maximum absolute atomic E-state index is 11.5. The predicted molar refractivity (Wildman–Crippen MR) is 87.4 cm³/mol. The second-order valence-electron chi connectivity index (χ2n) is 4.71. The molecule has 0 radical (unpaired) electrons. The molecule has 3 N–H and O–H groups in total. The van der Waals surface area contributed by atoms with Crippen LogP contribution >= 0.6 is 0 Å². The van der Waals surface area contributed by atoms with Crippen LogP contribution in [0.2, 0.25) is 0 Å². The molecule has 1 aromatic heterocycles. The van der Waals surface area contributed by atoms with E-state index in [4.69, 9.17) is 0 Å². The molecule has 8 nitrogen and oxygen atoms in total. The summed E-state index contributed by atoms with van der Waals surface area (Å²) in [4.78, 5) is 33.7. The number of carbonyl (C=O) groups is 3. The molecule has 1 atom stereocenters. The average molecular weight is 328 g/mol. The molecular weight excluding hydrogens is 310 g/mol. The standard InChI is InChI=1S/C16H17N5O3/c1-17-21(16(24)12-23)19-14-9-5-6-10-20(14)15(11-22)18-13-7-3-2-4-8-13/h2-12,15,17-18H,1H3/p+1. The van der Waals surface area contributed by atoms with E-state index < -0.39 is 12.1 Å². The molecule has 1 unspecified atom stereocenters. The third-order valence-corrected chi connectivity index (χ3v) is 3.18. The second-order valence-corrected chi connectivity index (χ2v) is 4.71. The van der Waals surface area contributed by atoms with Crippen molar-refractivity contribution >= 4 is 30.0 Å². The summed E-state index contributed by atoms with van der Waals surface area (Å²) in [6.45, 7) is 0. The Bertz CT molecular complexity index is 708. The minimum absolute atomic E-state index is 0.177. The first-order valence-electron chi connectivity index (χ1n) is 7.20. The first kappa shape index (κ1) is 17.1. The summed E-state index contributed by atoms with van der Waals surface area (Å²) in [7, 11) is 1.49. The van der Waals surface area contributed by atoms with Gasteiger partial charge in [0.2, 0.25) is 12.5 Å². The van der Waals surface area contributed by atoms with Gasteiger partial charge in [-0.3, -0.25) is 14.4 Å². The van der Waals surface area contributed by atoms with Crippen molar-refractivity contribution in [3.05, 3.63) is 54.7 Å². The van der Waals surface area contributed by atoms with Gasteiger partial charge in [-0.1, -0.05) is 24.3 Å². The van der Waals surface area contributed by atoms with Crippen molar-refractivity contribution in [1.82, 2.24) is 10.5 Å². The van der Waals surface area contributed by atoms with Gasteiger partial charge in [-0.25, -0.2) is 4.57 Å². The molecule has 1 aromatic carbocycles. The van der Waals surface area contributed by atoms with Crippen LogP contribution in [-0.4, -0.2) is 30.6 Å². The van der Waals surface area contributed by atoms with Crippen molar-refractivity contribution in [2.24, 2.45) is 0 Å². The number of nitrogens with zero attached hydrogens (tertiary/aromatic N) is 2. The Morgan fingerprint density at radius 1 is 1.12 bits per heavy atom. The monoisotopic (exact) mass is 328 g/mol. The zero-order valence-electron chi connectivity index (χ0n) is 13.0. The molecule has 0 spiro atoms. The van der Waals surface area contributed by atoms with E-state index in [0.717, 1.165) is 17.1 Å². The highest BCUT2D eigenvalue weighted by molar-refractivity contribution is 6.23. The van der Waals surface area contributed by atoms with Crippen LogP contribution in [0.15, 0.2) is 54.7 Å². The molecule has 0 saturated carbocycles. The van der Waals surface area contributed by atoms with Gasteiger partial charge in [0.15, 0.2) is 6.29 Å². The molecule has 1 amide bonds. The van der Waals surface area contributed by atoms with Crippen LogP contribution in [0.25, 0.3) is 0 Å². The van der Waals surface area contributed by atoms with E-state index in [1.807, 2.05) is 30.3 Å². The number of hydrazine groups is 2. The van der Waals surface area contributed by atoms with Crippen molar-refractivity contribution in [1.29, 1.82) is 0 Å². The SMILES string of the molecule is CNN(Nc1cccc[n+]1C(C=O)Nc1ccccc1)C(=O)C=O. The van der Waals surface area contributed by atoms with E-state index in [1.54, 1.807) is 29.0 Å². The van der Waals surface area contributed by atoms with Crippen LogP contribution in [0.4, 0.5) is 11.5 Å². The lowest BCUT2D eigenvalue weighted by atomic mass is 10.3. The smallest absolute Gasteiger partial charge is 0.338 e. The highest BCUT2D eigenvalue weighted by Crippen LogP contribution is 2.10. The predicted octanol–water partition coefficient (Wildman–Crippen LogP) is 0.272. The van der Waals surface area contributed by atoms with Gasteiger partial charge in [0.05, 0.1) is 6.20 Å². The zero-order chi connectivity index (χ0) is 17.4. The Labute approximate surface area is 139 Å². The molecule has 0 aliphatic carbocycles. The average Bonchev–Trinajstić information content (AvgIpc) is 2.64. The first-order valence-corrected chi connectivity index (χ1v) is 7.20. The van der Waals surface area contributed by atoms with E-state index in [2.05, 4.69) is 16.2 Å². The van der Waals surface area contributed by atoms with Crippen LogP contribution in [-0.2, 0) is 14.4 Å². The van der Waals surface area contributed by atoms with Crippen molar-refractivity contribution in [3.63, 3.8) is 0 Å². The fourth-order valence-corrected chi connectivity index (χ4v) is 2.06. The number of aromatic nitrogens is 1. The summed E-state index contributed by atoms with van der Waals surface area (Å²) in [5.41, 5.74) is 6.08. The van der Waals surface area contributed by atoms with E-state index in [0.29, 0.717) is 5.82 Å². The van der Waals surface area contributed by atoms with Crippen LogP contribution in [0, 0.1) is 0 Å². The van der Waals surface area contributed by atoms with Crippen molar-refractivity contribution in [2.45, 2.75) is 6.17 Å². The Morgan fingerprint density at radius 3 is 2.46 bits per heavy atom. The topological polar surface area (TPSA) is 94.4 Å². The molecule has 2 rings (SSSR count). The van der Waals surface area contributed by atoms with Gasteiger partial charge >= 0.3 is 11.7 Å². The largest absolute Gasteiger partial charge is 0.341 e. The minimum atomic E-state index is -0.799. The first-order chi connectivity index (χ1) is 11.7. The summed E-state index contributed by atoms with van der Waals surface area (Å²) in [5.74, 6) is -0.367. The van der Waals surface area contributed by atoms with Crippen LogP contribution < -0.4 is 20.7 Å². The Balaban J connectivity index is 2.27. The van der Waals surface area contributed by atoms with Gasteiger partial charge < -0.3 is 5.32 Å². The third-order valence-electron chi connectivity index (χ3n) is 3.18. The van der Waals surface area contributed by atoms with Gasteiger partial charge in [-0.15, -0.1) is 5.12 Å². The molecular formula is C16H18N5O3+. The van der Waals surface area contributed by atoms with Crippen molar-refractivity contribution < 1.29 is 19.0 Å². The molecule has 24 heavy (non-hydrogen) atoms.